The highest BCUT2D eigenvalue weighted by Gasteiger charge is 2.16. The van der Waals surface area contributed by atoms with Gasteiger partial charge in [0.1, 0.15) is 5.75 Å². The highest BCUT2D eigenvalue weighted by molar-refractivity contribution is 5.30. The van der Waals surface area contributed by atoms with Crippen LogP contribution in [0.15, 0.2) is 24.2 Å². The monoisotopic (exact) mass is 166 g/mol. The molecule has 1 aromatic carbocycles. The third-order valence-electron chi connectivity index (χ3n) is 2.39. The minimum absolute atomic E-state index is 0.0558. The van der Waals surface area contributed by atoms with Gasteiger partial charge in [0.25, 0.3) is 0 Å². The number of hydrogen-bond donors (Lipinski definition) is 1. The molecule has 64 valence electrons. The molecule has 0 amide bonds. The van der Waals surface area contributed by atoms with Crippen molar-refractivity contribution in [2.75, 3.05) is 0 Å². The molecule has 0 radical (unpaired) electrons. The Labute approximate surface area is 78.7 Å². The number of aromatic hydroxyl groups is 1. The maximum absolute atomic E-state index is 9.57. The summed E-state index contributed by atoms with van der Waals surface area (Å²) in [4.78, 5) is 0. The van der Waals surface area contributed by atoms with Crippen LogP contribution < -0.4 is 0 Å². The van der Waals surface area contributed by atoms with Gasteiger partial charge in [-0.1, -0.05) is 24.9 Å². The first-order chi connectivity index (χ1) is 7.54. The zero-order valence-electron chi connectivity index (χ0n) is 10.9. The summed E-state index contributed by atoms with van der Waals surface area (Å²) in [6.45, 7) is 0. The smallest absolute Gasteiger partial charge is 0.115 e. The molecular weight excluding hydrogens is 148 g/mol. The molecule has 0 heterocycles. The van der Waals surface area contributed by atoms with Gasteiger partial charge in [0, 0.05) is 0 Å². The molecule has 0 bridgehead atoms. The third-order valence-corrected chi connectivity index (χ3v) is 2.39. The Hall–Kier alpha value is -0.980. The number of rotatable bonds is 1. The van der Waals surface area contributed by atoms with Gasteiger partial charge in [-0.2, -0.15) is 0 Å². The molecule has 0 aromatic heterocycles. The lowest BCUT2D eigenvalue weighted by molar-refractivity contribution is 0.473. The second-order valence-electron chi connectivity index (χ2n) is 3.24. The van der Waals surface area contributed by atoms with Gasteiger partial charge in [0.15, 0.2) is 0 Å². The zero-order valence-corrected chi connectivity index (χ0v) is 6.85. The summed E-state index contributed by atoms with van der Waals surface area (Å²) < 4.78 is 30.5. The van der Waals surface area contributed by atoms with Crippen LogP contribution in [0.5, 0.6) is 5.75 Å². The molecule has 2 rings (SSSR count). The molecule has 1 aliphatic rings. The van der Waals surface area contributed by atoms with Crippen molar-refractivity contribution in [3.63, 3.8) is 0 Å². The number of hydrogen-bond acceptors (Lipinski definition) is 1. The molecule has 1 aromatic rings. The average Bonchev–Trinajstić information content (AvgIpc) is 2.77. The van der Waals surface area contributed by atoms with Crippen molar-refractivity contribution in [3.8, 4) is 5.75 Å². The minimum Gasteiger partial charge on any atom is -0.508 e. The SMILES string of the molecule is [2H]c1c([2H])c(O)c([2H])c(C2CCCC2)c1[2H]. The lowest BCUT2D eigenvalue weighted by atomic mass is 9.98. The van der Waals surface area contributed by atoms with E-state index in [0.29, 0.717) is 5.56 Å². The lowest BCUT2D eigenvalue weighted by Gasteiger charge is -2.08. The molecule has 0 atom stereocenters. The van der Waals surface area contributed by atoms with Crippen molar-refractivity contribution in [2.24, 2.45) is 0 Å². The summed E-state index contributed by atoms with van der Waals surface area (Å²) in [6, 6.07) is -0.857. The highest BCUT2D eigenvalue weighted by Crippen LogP contribution is 2.34. The van der Waals surface area contributed by atoms with Crippen molar-refractivity contribution in [1.82, 2.24) is 0 Å². The van der Waals surface area contributed by atoms with Crippen LogP contribution in [0.1, 0.15) is 42.6 Å². The summed E-state index contributed by atoms with van der Waals surface area (Å²) in [5.74, 6) is -0.349. The fourth-order valence-corrected chi connectivity index (χ4v) is 1.77. The lowest BCUT2D eigenvalue weighted by Crippen LogP contribution is -1.90. The van der Waals surface area contributed by atoms with E-state index in [1.807, 2.05) is 0 Å². The van der Waals surface area contributed by atoms with Crippen LogP contribution in [0.2, 0.25) is 0 Å². The Morgan fingerprint density at radius 2 is 2.08 bits per heavy atom. The van der Waals surface area contributed by atoms with Gasteiger partial charge in [0.2, 0.25) is 0 Å². The highest BCUT2D eigenvalue weighted by atomic mass is 16.3. The quantitative estimate of drug-likeness (QED) is 0.679. The number of benzene rings is 1. The Bertz CT molecular complexity index is 395. The molecule has 1 heteroatoms. The summed E-state index contributed by atoms with van der Waals surface area (Å²) in [6.07, 6.45) is 3.96. The van der Waals surface area contributed by atoms with Crippen LogP contribution in [-0.4, -0.2) is 5.11 Å². The molecule has 1 nitrogen and oxygen atoms in total. The predicted molar refractivity (Wildman–Crippen MR) is 49.3 cm³/mol. The largest absolute Gasteiger partial charge is 0.508 e. The summed E-state index contributed by atoms with van der Waals surface area (Å²) >= 11 is 0. The molecule has 1 N–H and O–H groups in total. The molecule has 0 spiro atoms. The van der Waals surface area contributed by atoms with Crippen LogP contribution in [0, 0.1) is 0 Å². The Morgan fingerprint density at radius 1 is 1.33 bits per heavy atom. The van der Waals surface area contributed by atoms with Crippen molar-refractivity contribution >= 4 is 0 Å². The normalized spacial score (nSPS) is 23.0. The summed E-state index contributed by atoms with van der Waals surface area (Å²) in [5, 5.41) is 9.57. The van der Waals surface area contributed by atoms with Crippen LogP contribution >= 0.6 is 0 Å². The van der Waals surface area contributed by atoms with E-state index in [0.717, 1.165) is 25.7 Å². The first-order valence-electron chi connectivity index (χ1n) is 6.33. The molecule has 12 heavy (non-hydrogen) atoms. The van der Waals surface area contributed by atoms with E-state index in [-0.39, 0.29) is 24.0 Å². The van der Waals surface area contributed by atoms with Crippen molar-refractivity contribution < 1.29 is 10.6 Å². The van der Waals surface area contributed by atoms with Gasteiger partial charge < -0.3 is 5.11 Å². The van der Waals surface area contributed by atoms with E-state index in [2.05, 4.69) is 0 Å². The summed E-state index contributed by atoms with van der Waals surface area (Å²) in [5.41, 5.74) is 0.455. The van der Waals surface area contributed by atoms with E-state index < -0.39 is 11.8 Å². The number of phenolic OH excluding ortho intramolecular Hbond substituents is 1. The fraction of sp³-hybridized carbons (Fsp3) is 0.455. The van der Waals surface area contributed by atoms with Gasteiger partial charge in [-0.15, -0.1) is 0 Å². The Morgan fingerprint density at radius 3 is 2.83 bits per heavy atom. The molecule has 1 fully saturated rings. The first-order valence-corrected chi connectivity index (χ1v) is 4.33. The molecule has 0 saturated heterocycles. The van der Waals surface area contributed by atoms with E-state index >= 15 is 0 Å². The second-order valence-corrected chi connectivity index (χ2v) is 3.24. The maximum atomic E-state index is 9.57. The van der Waals surface area contributed by atoms with E-state index in [4.69, 9.17) is 5.48 Å². The van der Waals surface area contributed by atoms with Crippen molar-refractivity contribution in [3.05, 3.63) is 29.7 Å². The Balaban J connectivity index is 2.59. The van der Waals surface area contributed by atoms with Gasteiger partial charge in [0.05, 0.1) is 5.48 Å². The van der Waals surface area contributed by atoms with Gasteiger partial charge in [-0.25, -0.2) is 0 Å². The average molecular weight is 166 g/mol. The van der Waals surface area contributed by atoms with Crippen molar-refractivity contribution in [2.45, 2.75) is 31.6 Å². The fourth-order valence-electron chi connectivity index (χ4n) is 1.77. The van der Waals surface area contributed by atoms with Crippen LogP contribution in [0.3, 0.4) is 0 Å². The van der Waals surface area contributed by atoms with Crippen molar-refractivity contribution in [1.29, 1.82) is 0 Å². The molecule has 0 unspecified atom stereocenters. The van der Waals surface area contributed by atoms with Gasteiger partial charge >= 0.3 is 0 Å². The second kappa shape index (κ2) is 3.18. The molecule has 1 saturated carbocycles. The number of phenols is 1. The minimum atomic E-state index is -0.456. The molecular formula is C11H14O. The topological polar surface area (TPSA) is 20.2 Å². The van der Waals surface area contributed by atoms with Crippen LogP contribution in [0.4, 0.5) is 0 Å². The predicted octanol–water partition coefficient (Wildman–Crippen LogP) is 3.05. The zero-order chi connectivity index (χ0) is 11.9. The van der Waals surface area contributed by atoms with Crippen LogP contribution in [-0.2, 0) is 0 Å². The van der Waals surface area contributed by atoms with Gasteiger partial charge in [-0.3, -0.25) is 0 Å². The standard InChI is InChI=1S/C11H14O/c12-11-7-3-6-10(8-11)9-4-1-2-5-9/h3,6-9,12H,1-2,4-5H2/i3D,6D,7D,8D. The van der Waals surface area contributed by atoms with E-state index in [1.165, 1.54) is 0 Å². The molecule has 1 aliphatic carbocycles. The van der Waals surface area contributed by atoms with E-state index in [9.17, 15) is 5.11 Å². The van der Waals surface area contributed by atoms with Gasteiger partial charge in [-0.05, 0) is 36.4 Å². The maximum Gasteiger partial charge on any atom is 0.115 e. The Kier molecular flexibility index (Phi) is 1.14. The summed E-state index contributed by atoms with van der Waals surface area (Å²) in [7, 11) is 0. The first kappa shape index (κ1) is 4.31. The molecule has 0 aliphatic heterocycles. The van der Waals surface area contributed by atoms with Crippen LogP contribution in [0.25, 0.3) is 0 Å². The van der Waals surface area contributed by atoms with E-state index in [1.54, 1.807) is 0 Å². The third kappa shape index (κ3) is 1.45.